The minimum atomic E-state index is -0.934. The quantitative estimate of drug-likeness (QED) is 0.759. The zero-order valence-electron chi connectivity index (χ0n) is 14.0. The molecule has 2 rings (SSSR count). The summed E-state index contributed by atoms with van der Waals surface area (Å²) in [4.78, 5) is 12.1. The van der Waals surface area contributed by atoms with Crippen molar-refractivity contribution in [3.8, 4) is 0 Å². The van der Waals surface area contributed by atoms with E-state index < -0.39 is 18.2 Å². The molecule has 130 valence electrons. The average Bonchev–Trinajstić information content (AvgIpc) is 3.02. The van der Waals surface area contributed by atoms with Crippen LogP contribution in [0, 0.1) is 5.82 Å². The Labute approximate surface area is 140 Å². The number of benzene rings is 1. The number of aromatic nitrogens is 2. The molecule has 6 nitrogen and oxygen atoms in total. The van der Waals surface area contributed by atoms with Crippen molar-refractivity contribution in [1.82, 2.24) is 15.1 Å². The van der Waals surface area contributed by atoms with Crippen LogP contribution in [-0.4, -0.2) is 27.0 Å². The third kappa shape index (κ3) is 4.32. The summed E-state index contributed by atoms with van der Waals surface area (Å²) in [5, 5.41) is 19.9. The summed E-state index contributed by atoms with van der Waals surface area (Å²) in [6, 6.07) is 6.43. The molecule has 0 radical (unpaired) electrons. The summed E-state index contributed by atoms with van der Waals surface area (Å²) < 4.78 is 14.7. The van der Waals surface area contributed by atoms with E-state index in [0.717, 1.165) is 6.42 Å². The highest BCUT2D eigenvalue weighted by atomic mass is 19.1. The zero-order valence-corrected chi connectivity index (χ0v) is 14.0. The highest BCUT2D eigenvalue weighted by Crippen LogP contribution is 2.18. The number of halogens is 1. The molecule has 3 atom stereocenters. The SMILES string of the molecule is CCC(C)n1nccc1NC(=O)NC(C)C(O)c1ccc(F)cc1. The molecule has 2 aromatic rings. The fourth-order valence-electron chi connectivity index (χ4n) is 2.32. The summed E-state index contributed by atoms with van der Waals surface area (Å²) >= 11 is 0. The molecule has 0 aliphatic heterocycles. The van der Waals surface area contributed by atoms with Gasteiger partial charge in [-0.3, -0.25) is 5.32 Å². The molecule has 3 N–H and O–H groups in total. The number of aliphatic hydroxyl groups is 1. The van der Waals surface area contributed by atoms with Gasteiger partial charge in [0.1, 0.15) is 11.6 Å². The first kappa shape index (κ1) is 17.9. The van der Waals surface area contributed by atoms with Crippen LogP contribution in [0.1, 0.15) is 44.9 Å². The molecule has 1 aromatic heterocycles. The second-order valence-corrected chi connectivity index (χ2v) is 5.80. The molecule has 0 aliphatic rings. The molecular formula is C17H23FN4O2. The Bertz CT molecular complexity index is 671. The summed E-state index contributed by atoms with van der Waals surface area (Å²) in [7, 11) is 0. The van der Waals surface area contributed by atoms with Crippen molar-refractivity contribution in [2.45, 2.75) is 45.4 Å². The number of nitrogens with one attached hydrogen (secondary N) is 2. The van der Waals surface area contributed by atoms with E-state index in [1.165, 1.54) is 24.3 Å². The van der Waals surface area contributed by atoms with E-state index in [9.17, 15) is 14.3 Å². The number of carbonyl (C=O) groups is 1. The van der Waals surface area contributed by atoms with Crippen LogP contribution in [0.15, 0.2) is 36.5 Å². The standard InChI is InChI=1S/C17H23FN4O2/c1-4-11(2)22-15(9-10-19-22)21-17(24)20-12(3)16(23)13-5-7-14(18)8-6-13/h5-12,16,23H,4H2,1-3H3,(H2,20,21,24). The van der Waals surface area contributed by atoms with Gasteiger partial charge in [-0.05, 0) is 38.0 Å². The number of hydrogen-bond acceptors (Lipinski definition) is 3. The topological polar surface area (TPSA) is 79.2 Å². The van der Waals surface area contributed by atoms with Crippen molar-refractivity contribution in [3.63, 3.8) is 0 Å². The molecule has 1 heterocycles. The van der Waals surface area contributed by atoms with Gasteiger partial charge in [-0.15, -0.1) is 0 Å². The van der Waals surface area contributed by atoms with E-state index in [0.29, 0.717) is 11.4 Å². The molecular weight excluding hydrogens is 311 g/mol. The van der Waals surface area contributed by atoms with Gasteiger partial charge in [-0.1, -0.05) is 19.1 Å². The maximum Gasteiger partial charge on any atom is 0.320 e. The normalized spacial score (nSPS) is 14.7. The summed E-state index contributed by atoms with van der Waals surface area (Å²) in [5.74, 6) is 0.216. The number of anilines is 1. The molecule has 7 heteroatoms. The molecule has 0 saturated heterocycles. The lowest BCUT2D eigenvalue weighted by Crippen LogP contribution is -2.40. The Balaban J connectivity index is 1.96. The Hall–Kier alpha value is -2.41. The lowest BCUT2D eigenvalue weighted by Gasteiger charge is -2.21. The van der Waals surface area contributed by atoms with Crippen LogP contribution < -0.4 is 10.6 Å². The zero-order chi connectivity index (χ0) is 17.7. The number of hydrogen-bond donors (Lipinski definition) is 3. The van der Waals surface area contributed by atoms with E-state index in [1.807, 2.05) is 13.8 Å². The molecule has 0 fully saturated rings. The van der Waals surface area contributed by atoms with Crippen LogP contribution in [0.3, 0.4) is 0 Å². The Morgan fingerprint density at radius 3 is 2.58 bits per heavy atom. The lowest BCUT2D eigenvalue weighted by atomic mass is 10.0. The van der Waals surface area contributed by atoms with E-state index in [1.54, 1.807) is 23.9 Å². The van der Waals surface area contributed by atoms with E-state index in [-0.39, 0.29) is 11.9 Å². The molecule has 3 unspecified atom stereocenters. The predicted molar refractivity (Wildman–Crippen MR) is 90.2 cm³/mol. The van der Waals surface area contributed by atoms with Crippen LogP contribution in [0.5, 0.6) is 0 Å². The third-order valence-corrected chi connectivity index (χ3v) is 3.96. The van der Waals surface area contributed by atoms with E-state index in [4.69, 9.17) is 0 Å². The Kier molecular flexibility index (Phi) is 5.92. The second kappa shape index (κ2) is 7.92. The minimum Gasteiger partial charge on any atom is -0.386 e. The van der Waals surface area contributed by atoms with Crippen molar-refractivity contribution in [3.05, 3.63) is 47.9 Å². The number of rotatable bonds is 6. The first-order valence-corrected chi connectivity index (χ1v) is 7.97. The molecule has 2 amide bonds. The van der Waals surface area contributed by atoms with Gasteiger partial charge in [0.05, 0.1) is 24.4 Å². The largest absolute Gasteiger partial charge is 0.386 e. The van der Waals surface area contributed by atoms with Gasteiger partial charge in [0.2, 0.25) is 0 Å². The van der Waals surface area contributed by atoms with Crippen LogP contribution in [0.25, 0.3) is 0 Å². The Morgan fingerprint density at radius 2 is 1.96 bits per heavy atom. The van der Waals surface area contributed by atoms with Gasteiger partial charge < -0.3 is 10.4 Å². The highest BCUT2D eigenvalue weighted by molar-refractivity contribution is 5.88. The number of nitrogens with zero attached hydrogens (tertiary/aromatic N) is 2. The number of urea groups is 1. The number of amides is 2. The van der Waals surface area contributed by atoms with Gasteiger partial charge in [0, 0.05) is 6.07 Å². The van der Waals surface area contributed by atoms with Crippen molar-refractivity contribution in [2.75, 3.05) is 5.32 Å². The molecule has 24 heavy (non-hydrogen) atoms. The van der Waals surface area contributed by atoms with Gasteiger partial charge in [-0.25, -0.2) is 13.9 Å². The van der Waals surface area contributed by atoms with Crippen molar-refractivity contribution >= 4 is 11.8 Å². The fourth-order valence-corrected chi connectivity index (χ4v) is 2.32. The third-order valence-electron chi connectivity index (χ3n) is 3.96. The van der Waals surface area contributed by atoms with E-state index >= 15 is 0 Å². The second-order valence-electron chi connectivity index (χ2n) is 5.80. The monoisotopic (exact) mass is 334 g/mol. The van der Waals surface area contributed by atoms with Crippen LogP contribution in [0.2, 0.25) is 0 Å². The van der Waals surface area contributed by atoms with Gasteiger partial charge in [0.15, 0.2) is 0 Å². The number of carbonyl (C=O) groups excluding carboxylic acids is 1. The first-order valence-electron chi connectivity index (χ1n) is 7.97. The Morgan fingerprint density at radius 1 is 1.29 bits per heavy atom. The summed E-state index contributed by atoms with van der Waals surface area (Å²) in [5.41, 5.74) is 0.536. The molecule has 1 aromatic carbocycles. The molecule has 0 saturated carbocycles. The number of aliphatic hydroxyl groups excluding tert-OH is 1. The van der Waals surface area contributed by atoms with E-state index in [2.05, 4.69) is 15.7 Å². The lowest BCUT2D eigenvalue weighted by molar-refractivity contribution is 0.139. The first-order chi connectivity index (χ1) is 11.4. The molecule has 0 spiro atoms. The maximum atomic E-state index is 12.9. The van der Waals surface area contributed by atoms with Crippen LogP contribution >= 0.6 is 0 Å². The highest BCUT2D eigenvalue weighted by Gasteiger charge is 2.19. The minimum absolute atomic E-state index is 0.164. The van der Waals surface area contributed by atoms with Gasteiger partial charge in [-0.2, -0.15) is 5.10 Å². The summed E-state index contributed by atoms with van der Waals surface area (Å²) in [6.45, 7) is 5.73. The molecule has 0 aliphatic carbocycles. The average molecular weight is 334 g/mol. The molecule has 0 bridgehead atoms. The smallest absolute Gasteiger partial charge is 0.320 e. The van der Waals surface area contributed by atoms with Crippen molar-refractivity contribution < 1.29 is 14.3 Å². The maximum absolute atomic E-state index is 12.9. The van der Waals surface area contributed by atoms with Crippen molar-refractivity contribution in [1.29, 1.82) is 0 Å². The predicted octanol–water partition coefficient (Wildman–Crippen LogP) is 3.24. The van der Waals surface area contributed by atoms with Crippen LogP contribution in [-0.2, 0) is 0 Å². The van der Waals surface area contributed by atoms with Crippen molar-refractivity contribution in [2.24, 2.45) is 0 Å². The van der Waals surface area contributed by atoms with Gasteiger partial charge in [0.25, 0.3) is 0 Å². The summed E-state index contributed by atoms with van der Waals surface area (Å²) in [6.07, 6.45) is 1.58. The van der Waals surface area contributed by atoms with Crippen LogP contribution in [0.4, 0.5) is 15.0 Å². The van der Waals surface area contributed by atoms with Gasteiger partial charge >= 0.3 is 6.03 Å². The fraction of sp³-hybridized carbons (Fsp3) is 0.412.